The first kappa shape index (κ1) is 26.8. The van der Waals surface area contributed by atoms with Gasteiger partial charge in [0.05, 0.1) is 0 Å². The second-order valence-electron chi connectivity index (χ2n) is 8.99. The molecule has 0 aliphatic rings. The fourth-order valence-corrected chi connectivity index (χ4v) is 3.84. The predicted octanol–water partition coefficient (Wildman–Crippen LogP) is 6.80. The molecule has 0 N–H and O–H groups in total. The molecule has 0 radical (unpaired) electrons. The Hall–Kier alpha value is -3.83. The number of rotatable bonds is 10. The van der Waals surface area contributed by atoms with Crippen LogP contribution >= 0.6 is 0 Å². The molecule has 0 unspecified atom stereocenters. The summed E-state index contributed by atoms with van der Waals surface area (Å²) in [7, 11) is 5.61. The highest BCUT2D eigenvalue weighted by Crippen LogP contribution is 2.24. The van der Waals surface area contributed by atoms with Gasteiger partial charge < -0.3 is 19.3 Å². The molecule has 188 valence electrons. The number of methoxy groups -OCH3 is 1. The lowest BCUT2D eigenvalue weighted by atomic mass is 9.99. The molecule has 0 aromatic heterocycles. The fourth-order valence-electron chi connectivity index (χ4n) is 3.84. The summed E-state index contributed by atoms with van der Waals surface area (Å²) in [5.41, 5.74) is 9.22. The minimum absolute atomic E-state index is 0.237. The molecule has 5 heteroatoms. The number of allylic oxidation sites excluding steroid dienone is 2. The van der Waals surface area contributed by atoms with Crippen LogP contribution in [0.2, 0.25) is 0 Å². The van der Waals surface area contributed by atoms with Crippen molar-refractivity contribution in [1.29, 1.82) is 0 Å². The lowest BCUT2D eigenvalue weighted by molar-refractivity contribution is -0.140. The highest BCUT2D eigenvalue weighted by Gasteiger charge is 2.04. The van der Waals surface area contributed by atoms with E-state index in [4.69, 9.17) is 9.47 Å². The van der Waals surface area contributed by atoms with E-state index in [1.54, 1.807) is 7.11 Å². The Morgan fingerprint density at radius 1 is 0.667 bits per heavy atom. The third-order valence-electron chi connectivity index (χ3n) is 6.01. The number of ether oxygens (including phenoxy) is 2. The number of esters is 1. The summed E-state index contributed by atoms with van der Waals surface area (Å²) in [6, 6.07) is 25.4. The first-order chi connectivity index (χ1) is 17.3. The number of carbonyl (C=O) groups excluding carboxylic acids is 1. The average Bonchev–Trinajstić information content (AvgIpc) is 2.88. The van der Waals surface area contributed by atoms with Crippen molar-refractivity contribution in [3.63, 3.8) is 0 Å². The molecule has 5 nitrogen and oxygen atoms in total. The predicted molar refractivity (Wildman–Crippen MR) is 152 cm³/mol. The van der Waals surface area contributed by atoms with E-state index < -0.39 is 0 Å². The second-order valence-corrected chi connectivity index (χ2v) is 8.99. The molecule has 0 atom stereocenters. The lowest BCUT2D eigenvalue weighted by Gasteiger charge is -2.18. The topological polar surface area (TPSA) is 42.0 Å². The van der Waals surface area contributed by atoms with Crippen molar-refractivity contribution >= 4 is 40.6 Å². The monoisotopic (exact) mass is 484 g/mol. The van der Waals surface area contributed by atoms with Crippen molar-refractivity contribution in [3.05, 3.63) is 95.1 Å². The van der Waals surface area contributed by atoms with E-state index in [9.17, 15) is 4.79 Å². The molecule has 0 saturated carbocycles. The Balaban J connectivity index is 1.66. The van der Waals surface area contributed by atoms with Crippen molar-refractivity contribution in [3.8, 4) is 0 Å². The molecular formula is C31H36N2O3. The zero-order valence-corrected chi connectivity index (χ0v) is 22.1. The summed E-state index contributed by atoms with van der Waals surface area (Å²) < 4.78 is 10.2. The smallest absolute Gasteiger partial charge is 0.304 e. The van der Waals surface area contributed by atoms with E-state index >= 15 is 0 Å². The Morgan fingerprint density at radius 3 is 1.42 bits per heavy atom. The van der Waals surface area contributed by atoms with E-state index in [1.807, 2.05) is 31.1 Å². The highest BCUT2D eigenvalue weighted by molar-refractivity contribution is 5.83. The molecule has 0 heterocycles. The van der Waals surface area contributed by atoms with Crippen molar-refractivity contribution in [2.24, 2.45) is 0 Å². The van der Waals surface area contributed by atoms with Gasteiger partial charge in [0.1, 0.15) is 6.73 Å². The summed E-state index contributed by atoms with van der Waals surface area (Å²) in [6.07, 6.45) is 4.38. The van der Waals surface area contributed by atoms with Crippen LogP contribution in [0.1, 0.15) is 43.0 Å². The third-order valence-corrected chi connectivity index (χ3v) is 6.01. The molecule has 0 aliphatic carbocycles. The third kappa shape index (κ3) is 7.59. The van der Waals surface area contributed by atoms with E-state index in [-0.39, 0.29) is 12.7 Å². The summed E-state index contributed by atoms with van der Waals surface area (Å²) >= 11 is 0. The number of hydrogen-bond donors (Lipinski definition) is 0. The van der Waals surface area contributed by atoms with Crippen LogP contribution in [0, 0.1) is 0 Å². The number of carbonyl (C=O) groups is 1. The normalized spacial score (nSPS) is 11.8. The van der Waals surface area contributed by atoms with Crippen LogP contribution < -0.4 is 9.80 Å². The molecule has 36 heavy (non-hydrogen) atoms. The second kappa shape index (κ2) is 12.8. The van der Waals surface area contributed by atoms with Crippen LogP contribution in [0.15, 0.2) is 72.8 Å². The lowest BCUT2D eigenvalue weighted by Crippen LogP contribution is -2.22. The molecule has 0 bridgehead atoms. The van der Waals surface area contributed by atoms with Crippen LogP contribution in [0.3, 0.4) is 0 Å². The van der Waals surface area contributed by atoms with Crippen LogP contribution in [-0.4, -0.2) is 40.6 Å². The van der Waals surface area contributed by atoms with Gasteiger partial charge in [-0.05, 0) is 71.5 Å². The van der Waals surface area contributed by atoms with E-state index in [1.165, 1.54) is 34.8 Å². The van der Waals surface area contributed by atoms with Gasteiger partial charge in [-0.1, -0.05) is 60.7 Å². The van der Waals surface area contributed by atoms with Crippen LogP contribution in [0.5, 0.6) is 0 Å². The number of benzene rings is 3. The van der Waals surface area contributed by atoms with Gasteiger partial charge in [-0.25, -0.2) is 0 Å². The van der Waals surface area contributed by atoms with Crippen molar-refractivity contribution in [2.45, 2.75) is 20.8 Å². The number of nitrogens with zero attached hydrogens (tertiary/aromatic N) is 2. The minimum Gasteiger partial charge on any atom is -0.444 e. The Labute approximate surface area is 215 Å². The first-order valence-electron chi connectivity index (χ1n) is 12.0. The molecule has 0 fully saturated rings. The summed E-state index contributed by atoms with van der Waals surface area (Å²) in [6.45, 7) is 6.48. The van der Waals surface area contributed by atoms with Gasteiger partial charge in [0.2, 0.25) is 0 Å². The van der Waals surface area contributed by atoms with E-state index in [0.29, 0.717) is 6.73 Å². The summed E-state index contributed by atoms with van der Waals surface area (Å²) in [5, 5.41) is 0. The number of hydrogen-bond acceptors (Lipinski definition) is 5. The molecule has 3 aromatic rings. The first-order valence-corrected chi connectivity index (χ1v) is 12.0. The van der Waals surface area contributed by atoms with Crippen molar-refractivity contribution in [1.82, 2.24) is 0 Å². The summed E-state index contributed by atoms with van der Waals surface area (Å²) in [5.74, 6) is -0.283. The van der Waals surface area contributed by atoms with Gasteiger partial charge in [-0.2, -0.15) is 0 Å². The van der Waals surface area contributed by atoms with Crippen LogP contribution in [0.25, 0.3) is 23.3 Å². The van der Waals surface area contributed by atoms with Gasteiger partial charge in [0, 0.05) is 39.5 Å². The fraction of sp³-hybridized carbons (Fsp3) is 0.258. The van der Waals surface area contributed by atoms with Crippen molar-refractivity contribution in [2.75, 3.05) is 44.5 Å². The Bertz CT molecular complexity index is 1190. The van der Waals surface area contributed by atoms with Crippen LogP contribution in [0.4, 0.5) is 11.4 Å². The average molecular weight is 485 g/mol. The molecule has 0 amide bonds. The molecule has 3 aromatic carbocycles. The Kier molecular flexibility index (Phi) is 9.48. The molecule has 0 aliphatic heterocycles. The van der Waals surface area contributed by atoms with Gasteiger partial charge in [0.25, 0.3) is 0 Å². The Morgan fingerprint density at radius 2 is 1.06 bits per heavy atom. The standard InChI is InChI=1S/C31H36N2O3/c1-23(19-26-7-15-30(16-8-26)32(4)21-35-6)28-11-13-29(14-12-28)24(2)20-27-9-17-31(18-10-27)33(5)22-36-25(3)34/h7-20H,21-22H2,1-6H3/b23-19+,24-20+. The molecule has 3 rings (SSSR count). The van der Waals surface area contributed by atoms with Gasteiger partial charge in [-0.15, -0.1) is 0 Å². The van der Waals surface area contributed by atoms with Crippen LogP contribution in [-0.2, 0) is 14.3 Å². The van der Waals surface area contributed by atoms with Gasteiger partial charge >= 0.3 is 5.97 Å². The maximum Gasteiger partial charge on any atom is 0.304 e. The largest absolute Gasteiger partial charge is 0.444 e. The van der Waals surface area contributed by atoms with Gasteiger partial charge in [-0.3, -0.25) is 4.79 Å². The zero-order valence-electron chi connectivity index (χ0n) is 22.1. The van der Waals surface area contributed by atoms with Gasteiger partial charge in [0.15, 0.2) is 6.73 Å². The molecular weight excluding hydrogens is 448 g/mol. The quantitative estimate of drug-likeness (QED) is 0.180. The highest BCUT2D eigenvalue weighted by atomic mass is 16.5. The summed E-state index contributed by atoms with van der Waals surface area (Å²) in [4.78, 5) is 15.0. The maximum absolute atomic E-state index is 11.0. The SMILES string of the molecule is COCN(C)c1ccc(/C=C(\C)c2ccc(/C(C)=C/c3ccc(N(C)COC(C)=O)cc3)cc2)cc1. The minimum atomic E-state index is -0.283. The van der Waals surface area contributed by atoms with E-state index in [0.717, 1.165) is 16.9 Å². The molecule has 0 spiro atoms. The zero-order chi connectivity index (χ0) is 26.1. The van der Waals surface area contributed by atoms with Crippen molar-refractivity contribution < 1.29 is 14.3 Å². The van der Waals surface area contributed by atoms with E-state index in [2.05, 4.69) is 91.6 Å². The molecule has 0 saturated heterocycles. The number of anilines is 2. The maximum atomic E-state index is 11.0.